The van der Waals surface area contributed by atoms with Crippen LogP contribution in [0, 0.1) is 0 Å². The Labute approximate surface area is 359 Å². The molecule has 0 aliphatic carbocycles. The molecule has 2 aromatic heterocycles. The highest BCUT2D eigenvalue weighted by Crippen LogP contribution is 2.50. The van der Waals surface area contributed by atoms with Crippen molar-refractivity contribution in [1.82, 2.24) is 19.9 Å². The number of nitrogens with one attached hydrogen (secondary N) is 1. The molecule has 1 atom stereocenters. The van der Waals surface area contributed by atoms with Crippen LogP contribution in [0.5, 0.6) is 0 Å². The number of fused-ring (bicyclic) bond motifs is 6. The monoisotopic (exact) mass is 794 g/mol. The molecule has 292 valence electrons. The molecule has 0 saturated carbocycles. The summed E-state index contributed by atoms with van der Waals surface area (Å²) < 4.78 is 2.28. The molecule has 0 fully saturated rings. The van der Waals surface area contributed by atoms with Crippen molar-refractivity contribution in [2.45, 2.75) is 6.17 Å². The fraction of sp³-hybridized carbons (Fsp3) is 0.0179. The lowest BCUT2D eigenvalue weighted by atomic mass is 9.94. The number of aliphatic imine (C=N–C) groups is 1. The molecule has 0 spiro atoms. The minimum atomic E-state index is -0.180. The number of hydrogen-bond acceptors (Lipinski definition) is 5. The summed E-state index contributed by atoms with van der Waals surface area (Å²) in [4.78, 5) is 18.1. The minimum Gasteiger partial charge on any atom is -0.345 e. The zero-order chi connectivity index (χ0) is 41.0. The van der Waals surface area contributed by atoms with E-state index in [0.717, 1.165) is 101 Å². The van der Waals surface area contributed by atoms with E-state index < -0.39 is 0 Å². The molecule has 6 nitrogen and oxygen atoms in total. The summed E-state index contributed by atoms with van der Waals surface area (Å²) >= 11 is 0. The second-order valence-corrected chi connectivity index (χ2v) is 15.7. The average Bonchev–Trinajstić information content (AvgIpc) is 3.87. The van der Waals surface area contributed by atoms with Crippen LogP contribution in [0.2, 0.25) is 0 Å². The molecular weight excluding hydrogens is 757 g/mol. The maximum atomic E-state index is 5.40. The molecule has 0 amide bonds. The highest BCUT2D eigenvalue weighted by atomic mass is 15.3. The largest absolute Gasteiger partial charge is 0.345 e. The molecule has 4 heterocycles. The number of hydrogen-bond donors (Lipinski definition) is 1. The third-order valence-corrected chi connectivity index (χ3v) is 12.0. The number of nitrogens with zero attached hydrogens (tertiary/aromatic N) is 5. The lowest BCUT2D eigenvalue weighted by Gasteiger charge is -2.33. The first-order chi connectivity index (χ1) is 30.7. The van der Waals surface area contributed by atoms with Gasteiger partial charge in [-0.05, 0) is 53.6 Å². The third-order valence-electron chi connectivity index (χ3n) is 12.0. The summed E-state index contributed by atoms with van der Waals surface area (Å²) in [5.41, 5.74) is 15.0. The van der Waals surface area contributed by atoms with Gasteiger partial charge in [0.2, 0.25) is 0 Å². The predicted octanol–water partition coefficient (Wildman–Crippen LogP) is 13.0. The molecule has 1 unspecified atom stereocenters. The van der Waals surface area contributed by atoms with Crippen molar-refractivity contribution in [3.8, 4) is 39.6 Å². The van der Waals surface area contributed by atoms with E-state index in [9.17, 15) is 0 Å². The molecule has 8 aromatic carbocycles. The van der Waals surface area contributed by atoms with Gasteiger partial charge in [0.15, 0.2) is 5.82 Å². The van der Waals surface area contributed by atoms with Gasteiger partial charge in [-0.3, -0.25) is 4.57 Å². The van der Waals surface area contributed by atoms with Crippen molar-refractivity contribution in [1.29, 1.82) is 0 Å². The number of aromatic nitrogens is 3. The Morgan fingerprint density at radius 3 is 1.74 bits per heavy atom. The standard InChI is InChI=1S/C56H38N6/c1-6-18-37(19-7-1)47-36-51(58-54(57-47)39-22-10-3-11-23-39)62-48-29-17-16-28-44(48)45-34-41(30-32-49(45)62)42-31-33-50-46(35-42)52-53(38-20-8-2-9-21-38)59-55(40-24-12-4-13-25-40)60-56(52)61(50)43-26-14-5-15-27-43/h1-36,56H,(H,59,60). The molecular formula is C56H38N6. The van der Waals surface area contributed by atoms with Crippen LogP contribution in [0.4, 0.5) is 11.4 Å². The van der Waals surface area contributed by atoms with Gasteiger partial charge in [0.05, 0.1) is 28.1 Å². The van der Waals surface area contributed by atoms with Crippen molar-refractivity contribution in [2.24, 2.45) is 4.99 Å². The van der Waals surface area contributed by atoms with Crippen molar-refractivity contribution in [3.63, 3.8) is 0 Å². The quantitative estimate of drug-likeness (QED) is 0.175. The Kier molecular flexibility index (Phi) is 8.45. The lowest BCUT2D eigenvalue weighted by molar-refractivity contribution is 0.768. The fourth-order valence-corrected chi connectivity index (χ4v) is 9.14. The number of anilines is 2. The van der Waals surface area contributed by atoms with E-state index in [-0.39, 0.29) is 6.17 Å². The minimum absolute atomic E-state index is 0.180. The maximum Gasteiger partial charge on any atom is 0.162 e. The topological polar surface area (TPSA) is 58.3 Å². The average molecular weight is 795 g/mol. The Hall–Kier alpha value is -8.35. The Bertz CT molecular complexity index is 3300. The Balaban J connectivity index is 1.04. The maximum absolute atomic E-state index is 5.40. The smallest absolute Gasteiger partial charge is 0.162 e. The Morgan fingerprint density at radius 1 is 0.435 bits per heavy atom. The van der Waals surface area contributed by atoms with Crippen LogP contribution in [0.3, 0.4) is 0 Å². The van der Waals surface area contributed by atoms with E-state index in [2.05, 4.69) is 203 Å². The van der Waals surface area contributed by atoms with Crippen LogP contribution < -0.4 is 10.2 Å². The van der Waals surface area contributed by atoms with Gasteiger partial charge in [-0.2, -0.15) is 0 Å². The summed E-state index contributed by atoms with van der Waals surface area (Å²) in [7, 11) is 0. The normalized spacial score (nSPS) is 14.4. The number of benzene rings is 8. The van der Waals surface area contributed by atoms with Gasteiger partial charge in [-0.15, -0.1) is 0 Å². The zero-order valence-electron chi connectivity index (χ0n) is 33.6. The second-order valence-electron chi connectivity index (χ2n) is 15.7. The third kappa shape index (κ3) is 6.00. The van der Waals surface area contributed by atoms with Crippen molar-refractivity contribution < 1.29 is 0 Å². The fourth-order valence-electron chi connectivity index (χ4n) is 9.14. The predicted molar refractivity (Wildman–Crippen MR) is 254 cm³/mol. The first kappa shape index (κ1) is 35.6. The molecule has 6 heteroatoms. The highest BCUT2D eigenvalue weighted by molar-refractivity contribution is 6.14. The van der Waals surface area contributed by atoms with Crippen molar-refractivity contribution >= 4 is 50.3 Å². The van der Waals surface area contributed by atoms with Gasteiger partial charge in [0.25, 0.3) is 0 Å². The highest BCUT2D eigenvalue weighted by Gasteiger charge is 2.40. The molecule has 62 heavy (non-hydrogen) atoms. The first-order valence-electron chi connectivity index (χ1n) is 21.0. The number of amidine groups is 1. The number of para-hydroxylation sites is 2. The molecule has 12 rings (SSSR count). The SMILES string of the molecule is c1ccc(C2=NC(c3ccccc3)=C3c4cc(-c5ccc6c(c5)c5ccccc5n6-c5cc(-c6ccccc6)nc(-c6ccccc6)n5)ccc4N(c4ccccc4)C3N2)cc1. The van der Waals surface area contributed by atoms with Crippen molar-refractivity contribution in [2.75, 3.05) is 4.90 Å². The van der Waals surface area contributed by atoms with E-state index in [4.69, 9.17) is 15.0 Å². The van der Waals surface area contributed by atoms with Crippen LogP contribution >= 0.6 is 0 Å². The van der Waals surface area contributed by atoms with E-state index in [1.807, 2.05) is 30.3 Å². The summed E-state index contributed by atoms with van der Waals surface area (Å²) in [6, 6.07) is 76.7. The first-order valence-corrected chi connectivity index (χ1v) is 21.0. The zero-order valence-corrected chi connectivity index (χ0v) is 33.6. The van der Waals surface area contributed by atoms with E-state index >= 15 is 0 Å². The second kappa shape index (κ2) is 14.7. The summed E-state index contributed by atoms with van der Waals surface area (Å²) in [5.74, 6) is 2.36. The van der Waals surface area contributed by atoms with Crippen LogP contribution in [0.1, 0.15) is 16.7 Å². The van der Waals surface area contributed by atoms with Gasteiger partial charge < -0.3 is 10.2 Å². The van der Waals surface area contributed by atoms with Gasteiger partial charge in [0.1, 0.15) is 17.8 Å². The van der Waals surface area contributed by atoms with Gasteiger partial charge in [0, 0.05) is 55.9 Å². The van der Waals surface area contributed by atoms with E-state index in [1.54, 1.807) is 0 Å². The van der Waals surface area contributed by atoms with Crippen LogP contribution in [0.15, 0.2) is 223 Å². The van der Waals surface area contributed by atoms with E-state index in [0.29, 0.717) is 5.82 Å². The molecule has 0 saturated heterocycles. The van der Waals surface area contributed by atoms with Crippen LogP contribution in [-0.2, 0) is 0 Å². The van der Waals surface area contributed by atoms with Crippen molar-refractivity contribution in [3.05, 3.63) is 235 Å². The van der Waals surface area contributed by atoms with Gasteiger partial charge in [-0.1, -0.05) is 170 Å². The summed E-state index contributed by atoms with van der Waals surface area (Å²) in [6.45, 7) is 0. The Morgan fingerprint density at radius 2 is 1.02 bits per heavy atom. The van der Waals surface area contributed by atoms with Crippen LogP contribution in [0.25, 0.3) is 72.7 Å². The summed E-state index contributed by atoms with van der Waals surface area (Å²) in [5, 5.41) is 6.20. The number of rotatable bonds is 7. The molecule has 2 aliphatic rings. The van der Waals surface area contributed by atoms with Gasteiger partial charge in [-0.25, -0.2) is 15.0 Å². The molecule has 2 aliphatic heterocycles. The molecule has 0 bridgehead atoms. The molecule has 1 N–H and O–H groups in total. The van der Waals surface area contributed by atoms with Crippen LogP contribution in [-0.4, -0.2) is 26.5 Å². The lowest BCUT2D eigenvalue weighted by Crippen LogP contribution is -2.46. The van der Waals surface area contributed by atoms with E-state index in [1.165, 1.54) is 0 Å². The molecule has 0 radical (unpaired) electrons. The van der Waals surface area contributed by atoms with Gasteiger partial charge >= 0.3 is 0 Å². The molecule has 10 aromatic rings. The summed E-state index contributed by atoms with van der Waals surface area (Å²) in [6.07, 6.45) is -0.180.